The number of nitrogens with zero attached hydrogens (tertiary/aromatic N) is 4. The Morgan fingerprint density at radius 3 is 2.97 bits per heavy atom. The Bertz CT molecular complexity index is 764. The third-order valence-corrected chi connectivity index (χ3v) is 6.04. The number of aromatic nitrogens is 3. The van der Waals surface area contributed by atoms with E-state index in [1.807, 2.05) is 19.2 Å². The third-order valence-electron chi connectivity index (χ3n) is 6.04. The average molecular weight is 400 g/mol. The molecule has 158 valence electrons. The Morgan fingerprint density at radius 2 is 2.17 bits per heavy atom. The van der Waals surface area contributed by atoms with Gasteiger partial charge in [-0.2, -0.15) is 5.10 Å². The van der Waals surface area contributed by atoms with Crippen LogP contribution in [0.5, 0.6) is 0 Å². The number of piperidine rings is 1. The molecule has 1 saturated heterocycles. The normalized spacial score (nSPS) is 22.0. The van der Waals surface area contributed by atoms with Gasteiger partial charge in [-0.25, -0.2) is 4.98 Å². The minimum atomic E-state index is 0.465. The third kappa shape index (κ3) is 5.38. The minimum Gasteiger partial charge on any atom is -0.461 e. The lowest BCUT2D eigenvalue weighted by atomic mass is 9.92. The quantitative estimate of drug-likeness (QED) is 0.511. The second kappa shape index (κ2) is 9.91. The van der Waals surface area contributed by atoms with E-state index < -0.39 is 0 Å². The van der Waals surface area contributed by atoms with Gasteiger partial charge in [0.2, 0.25) is 5.82 Å². The molecule has 2 aliphatic rings. The number of hydrogen-bond acceptors (Lipinski definition) is 5. The standard InChI is InChI=1S/C21H33N7O/c1-22-21(23-12-11-19-25-20(27-26-19)18-10-6-14-29-18)24-16-7-5-13-28(15-16)17-8-3-2-4-9-17/h6,10,14,16-17H,2-5,7-9,11-13,15H2,1H3,(H2,22,23,24)(H,25,26,27). The number of guanidine groups is 1. The van der Waals surface area contributed by atoms with Crippen LogP contribution in [0.3, 0.4) is 0 Å². The van der Waals surface area contributed by atoms with Crippen molar-refractivity contribution in [1.29, 1.82) is 0 Å². The van der Waals surface area contributed by atoms with Crippen molar-refractivity contribution in [3.05, 3.63) is 24.2 Å². The van der Waals surface area contributed by atoms with E-state index in [2.05, 4.69) is 35.7 Å². The number of H-pyrrole nitrogens is 1. The highest BCUT2D eigenvalue weighted by molar-refractivity contribution is 5.80. The minimum absolute atomic E-state index is 0.465. The van der Waals surface area contributed by atoms with E-state index in [9.17, 15) is 0 Å². The second-order valence-electron chi connectivity index (χ2n) is 8.10. The number of rotatable bonds is 6. The fourth-order valence-corrected chi connectivity index (χ4v) is 4.51. The Balaban J connectivity index is 1.22. The number of likely N-dealkylation sites (tertiary alicyclic amines) is 1. The number of hydrogen-bond donors (Lipinski definition) is 3. The van der Waals surface area contributed by atoms with Crippen molar-refractivity contribution in [1.82, 2.24) is 30.7 Å². The summed E-state index contributed by atoms with van der Waals surface area (Å²) in [5.41, 5.74) is 0. The van der Waals surface area contributed by atoms with E-state index in [0.29, 0.717) is 17.6 Å². The fourth-order valence-electron chi connectivity index (χ4n) is 4.51. The van der Waals surface area contributed by atoms with Crippen LogP contribution in [-0.4, -0.2) is 64.8 Å². The van der Waals surface area contributed by atoms with Gasteiger partial charge in [0.1, 0.15) is 5.82 Å². The average Bonchev–Trinajstić information content (AvgIpc) is 3.46. The molecule has 0 bridgehead atoms. The molecule has 2 aromatic heterocycles. The largest absolute Gasteiger partial charge is 0.461 e. The van der Waals surface area contributed by atoms with Crippen molar-refractivity contribution in [2.24, 2.45) is 4.99 Å². The summed E-state index contributed by atoms with van der Waals surface area (Å²) in [6.45, 7) is 3.11. The summed E-state index contributed by atoms with van der Waals surface area (Å²) < 4.78 is 5.34. The molecule has 4 rings (SSSR count). The summed E-state index contributed by atoms with van der Waals surface area (Å²) in [5.74, 6) is 2.97. The van der Waals surface area contributed by atoms with E-state index in [1.54, 1.807) is 6.26 Å². The molecular weight excluding hydrogens is 366 g/mol. The maximum Gasteiger partial charge on any atom is 0.216 e. The molecule has 1 aliphatic heterocycles. The summed E-state index contributed by atoms with van der Waals surface area (Å²) in [5, 5.41) is 14.2. The highest BCUT2D eigenvalue weighted by Gasteiger charge is 2.27. The zero-order valence-corrected chi connectivity index (χ0v) is 17.4. The number of nitrogens with one attached hydrogen (secondary N) is 3. The molecule has 0 amide bonds. The summed E-state index contributed by atoms with van der Waals surface area (Å²) in [6.07, 6.45) is 11.8. The first kappa shape index (κ1) is 19.9. The highest BCUT2D eigenvalue weighted by Crippen LogP contribution is 2.25. The van der Waals surface area contributed by atoms with Crippen molar-refractivity contribution in [3.8, 4) is 11.6 Å². The van der Waals surface area contributed by atoms with Crippen LogP contribution < -0.4 is 10.6 Å². The van der Waals surface area contributed by atoms with Crippen LogP contribution in [0.25, 0.3) is 11.6 Å². The van der Waals surface area contributed by atoms with Gasteiger partial charge in [0.05, 0.1) is 6.26 Å². The van der Waals surface area contributed by atoms with Crippen LogP contribution in [-0.2, 0) is 6.42 Å². The zero-order chi connectivity index (χ0) is 19.9. The van der Waals surface area contributed by atoms with Crippen LogP contribution in [0, 0.1) is 0 Å². The predicted molar refractivity (Wildman–Crippen MR) is 114 cm³/mol. The number of aliphatic imine (C=N–C) groups is 1. The maximum absolute atomic E-state index is 5.34. The molecule has 3 N–H and O–H groups in total. The van der Waals surface area contributed by atoms with Crippen molar-refractivity contribution in [2.45, 2.75) is 63.5 Å². The SMILES string of the molecule is CN=C(NCCc1nc(-c2ccco2)n[nH]1)NC1CCCN(C2CCCCC2)C1. The van der Waals surface area contributed by atoms with Crippen LogP contribution in [0.1, 0.15) is 50.8 Å². The van der Waals surface area contributed by atoms with Crippen LogP contribution in [0.2, 0.25) is 0 Å². The lowest BCUT2D eigenvalue weighted by Crippen LogP contribution is -2.53. The second-order valence-corrected chi connectivity index (χ2v) is 8.10. The van der Waals surface area contributed by atoms with Crippen LogP contribution in [0.4, 0.5) is 0 Å². The van der Waals surface area contributed by atoms with E-state index in [0.717, 1.165) is 37.3 Å². The summed E-state index contributed by atoms with van der Waals surface area (Å²) in [4.78, 5) is 11.6. The monoisotopic (exact) mass is 399 g/mol. The van der Waals surface area contributed by atoms with Crippen molar-refractivity contribution in [2.75, 3.05) is 26.7 Å². The molecule has 0 aromatic carbocycles. The number of aromatic amines is 1. The van der Waals surface area contributed by atoms with Gasteiger partial charge in [-0.1, -0.05) is 19.3 Å². The molecule has 1 aliphatic carbocycles. The Labute approximate surface area is 172 Å². The van der Waals surface area contributed by atoms with Crippen molar-refractivity contribution in [3.63, 3.8) is 0 Å². The smallest absolute Gasteiger partial charge is 0.216 e. The molecule has 1 saturated carbocycles. The van der Waals surface area contributed by atoms with Gasteiger partial charge in [0.15, 0.2) is 11.7 Å². The lowest BCUT2D eigenvalue weighted by molar-refractivity contribution is 0.115. The molecule has 1 unspecified atom stereocenters. The summed E-state index contributed by atoms with van der Waals surface area (Å²) >= 11 is 0. The summed E-state index contributed by atoms with van der Waals surface area (Å²) in [7, 11) is 1.83. The van der Waals surface area contributed by atoms with Crippen molar-refractivity contribution >= 4 is 5.96 Å². The van der Waals surface area contributed by atoms with E-state index in [-0.39, 0.29) is 0 Å². The van der Waals surface area contributed by atoms with Gasteiger partial charge in [-0.3, -0.25) is 15.0 Å². The predicted octanol–water partition coefficient (Wildman–Crippen LogP) is 2.57. The highest BCUT2D eigenvalue weighted by atomic mass is 16.3. The number of furan rings is 1. The molecule has 29 heavy (non-hydrogen) atoms. The van der Waals surface area contributed by atoms with Gasteiger partial charge in [-0.15, -0.1) is 0 Å². The van der Waals surface area contributed by atoms with E-state index in [4.69, 9.17) is 4.42 Å². The molecular formula is C21H33N7O. The van der Waals surface area contributed by atoms with Gasteiger partial charge in [0.25, 0.3) is 0 Å². The Morgan fingerprint density at radius 1 is 1.28 bits per heavy atom. The van der Waals surface area contributed by atoms with Crippen LogP contribution in [0.15, 0.2) is 27.8 Å². The lowest BCUT2D eigenvalue weighted by Gasteiger charge is -2.40. The van der Waals surface area contributed by atoms with Crippen LogP contribution >= 0.6 is 0 Å². The van der Waals surface area contributed by atoms with Gasteiger partial charge < -0.3 is 15.1 Å². The maximum atomic E-state index is 5.34. The van der Waals surface area contributed by atoms with Gasteiger partial charge in [-0.05, 0) is 44.4 Å². The Kier molecular flexibility index (Phi) is 6.82. The first-order chi connectivity index (χ1) is 14.3. The first-order valence-electron chi connectivity index (χ1n) is 11.0. The van der Waals surface area contributed by atoms with E-state index >= 15 is 0 Å². The van der Waals surface area contributed by atoms with Crippen molar-refractivity contribution < 1.29 is 4.42 Å². The zero-order valence-electron chi connectivity index (χ0n) is 17.4. The first-order valence-corrected chi connectivity index (χ1v) is 11.0. The summed E-state index contributed by atoms with van der Waals surface area (Å²) in [6, 6.07) is 4.95. The van der Waals surface area contributed by atoms with E-state index in [1.165, 1.54) is 51.5 Å². The fraction of sp³-hybridized carbons (Fsp3) is 0.667. The van der Waals surface area contributed by atoms with Gasteiger partial charge >= 0.3 is 0 Å². The molecule has 0 radical (unpaired) electrons. The molecule has 0 spiro atoms. The molecule has 8 heteroatoms. The Hall–Kier alpha value is -2.35. The molecule has 2 fully saturated rings. The molecule has 1 atom stereocenters. The molecule has 3 heterocycles. The molecule has 2 aromatic rings. The molecule has 8 nitrogen and oxygen atoms in total. The van der Waals surface area contributed by atoms with Gasteiger partial charge in [0, 0.05) is 38.6 Å². The topological polar surface area (TPSA) is 94.4 Å².